The van der Waals surface area contributed by atoms with Gasteiger partial charge in [0.2, 0.25) is 6.10 Å². The maximum absolute atomic E-state index is 14.6. The Bertz CT molecular complexity index is 744. The van der Waals surface area contributed by atoms with Crippen molar-refractivity contribution in [2.75, 3.05) is 42.6 Å². The lowest BCUT2D eigenvalue weighted by molar-refractivity contribution is -0.144. The first kappa shape index (κ1) is 18.8. The highest BCUT2D eigenvalue weighted by Crippen LogP contribution is 2.31. The van der Waals surface area contributed by atoms with Crippen molar-refractivity contribution >= 4 is 29.5 Å². The Balaban J connectivity index is 1.80. The standard InChI is InChI=1S/C16H17F2N3O6/c17-10-6-9(7-11(18)13(10)20-2-1-4-25-5-3-20)21-8-12(26-16(21)24)14(22)27-15(19)23/h6-7,12H,1-5,8H2,(H2,19,23). The maximum atomic E-state index is 14.6. The van der Waals surface area contributed by atoms with Crippen LogP contribution in [0, 0.1) is 11.6 Å². The number of carbonyl (C=O) groups excluding carboxylic acids is 3. The van der Waals surface area contributed by atoms with Gasteiger partial charge in [0.25, 0.3) is 0 Å². The average Bonchev–Trinajstić information content (AvgIpc) is 2.79. The maximum Gasteiger partial charge on any atom is 0.415 e. The fourth-order valence-electron chi connectivity index (χ4n) is 2.94. The van der Waals surface area contributed by atoms with Crippen molar-refractivity contribution in [1.82, 2.24) is 0 Å². The molecule has 0 spiro atoms. The molecular weight excluding hydrogens is 368 g/mol. The van der Waals surface area contributed by atoms with Gasteiger partial charge in [0.15, 0.2) is 11.6 Å². The van der Waals surface area contributed by atoms with Crippen LogP contribution in [0.25, 0.3) is 0 Å². The number of nitrogens with two attached hydrogens (primary N) is 1. The molecule has 2 N–H and O–H groups in total. The number of hydrogen-bond donors (Lipinski definition) is 1. The van der Waals surface area contributed by atoms with Crippen LogP contribution in [-0.2, 0) is 19.0 Å². The predicted octanol–water partition coefficient (Wildman–Crippen LogP) is 1.14. The zero-order chi connectivity index (χ0) is 19.6. The summed E-state index contributed by atoms with van der Waals surface area (Å²) < 4.78 is 43.4. The first-order valence-electron chi connectivity index (χ1n) is 8.18. The molecule has 0 radical (unpaired) electrons. The first-order chi connectivity index (χ1) is 12.9. The van der Waals surface area contributed by atoms with Gasteiger partial charge in [-0.15, -0.1) is 0 Å². The molecule has 1 aromatic carbocycles. The van der Waals surface area contributed by atoms with E-state index in [1.807, 2.05) is 0 Å². The molecule has 27 heavy (non-hydrogen) atoms. The van der Waals surface area contributed by atoms with Crippen molar-refractivity contribution in [3.63, 3.8) is 0 Å². The normalized spacial score (nSPS) is 20.2. The second kappa shape index (κ2) is 7.74. The lowest BCUT2D eigenvalue weighted by atomic mass is 10.2. The SMILES string of the molecule is NC(=O)OC(=O)C1CN(c2cc(F)c(N3CCCOCC3)c(F)c2)C(=O)O1. The van der Waals surface area contributed by atoms with Crippen molar-refractivity contribution in [1.29, 1.82) is 0 Å². The molecule has 11 heteroatoms. The number of benzene rings is 1. The highest BCUT2D eigenvalue weighted by Gasteiger charge is 2.39. The smallest absolute Gasteiger partial charge is 0.415 e. The zero-order valence-electron chi connectivity index (χ0n) is 14.2. The van der Waals surface area contributed by atoms with E-state index in [9.17, 15) is 23.2 Å². The summed E-state index contributed by atoms with van der Waals surface area (Å²) >= 11 is 0. The highest BCUT2D eigenvalue weighted by molar-refractivity contribution is 5.96. The van der Waals surface area contributed by atoms with Crippen molar-refractivity contribution in [2.45, 2.75) is 12.5 Å². The summed E-state index contributed by atoms with van der Waals surface area (Å²) in [5.41, 5.74) is 4.40. The number of nitrogens with zero attached hydrogens (tertiary/aromatic N) is 2. The van der Waals surface area contributed by atoms with E-state index in [2.05, 4.69) is 4.74 Å². The summed E-state index contributed by atoms with van der Waals surface area (Å²) in [6.45, 7) is 1.25. The van der Waals surface area contributed by atoms with Crippen LogP contribution >= 0.6 is 0 Å². The molecule has 1 aromatic rings. The third-order valence-corrected chi connectivity index (χ3v) is 4.13. The number of ether oxygens (including phenoxy) is 3. The summed E-state index contributed by atoms with van der Waals surface area (Å²) in [6.07, 6.45) is -3.16. The van der Waals surface area contributed by atoms with E-state index in [0.717, 1.165) is 17.0 Å². The van der Waals surface area contributed by atoms with Gasteiger partial charge in [-0.2, -0.15) is 0 Å². The second-order valence-corrected chi connectivity index (χ2v) is 5.93. The minimum Gasteiger partial charge on any atom is -0.432 e. The summed E-state index contributed by atoms with van der Waals surface area (Å²) in [5, 5.41) is 0. The number of amides is 2. The number of anilines is 2. The molecule has 0 aliphatic carbocycles. The quantitative estimate of drug-likeness (QED) is 0.613. The molecule has 3 rings (SSSR count). The van der Waals surface area contributed by atoms with Crippen LogP contribution in [0.15, 0.2) is 12.1 Å². The molecule has 2 fully saturated rings. The summed E-state index contributed by atoms with van der Waals surface area (Å²) in [4.78, 5) is 36.6. The zero-order valence-corrected chi connectivity index (χ0v) is 14.2. The van der Waals surface area contributed by atoms with Gasteiger partial charge in [-0.1, -0.05) is 0 Å². The van der Waals surface area contributed by atoms with E-state index in [-0.39, 0.29) is 17.9 Å². The molecule has 0 bridgehead atoms. The van der Waals surface area contributed by atoms with Crippen LogP contribution in [0.3, 0.4) is 0 Å². The number of primary amides is 1. The van der Waals surface area contributed by atoms with Crippen molar-refractivity contribution in [2.24, 2.45) is 5.73 Å². The molecule has 2 aliphatic rings. The number of esters is 1. The molecule has 2 amide bonds. The highest BCUT2D eigenvalue weighted by atomic mass is 19.1. The monoisotopic (exact) mass is 385 g/mol. The van der Waals surface area contributed by atoms with Gasteiger partial charge in [-0.05, 0) is 6.42 Å². The Morgan fingerprint density at radius 1 is 1.19 bits per heavy atom. The number of rotatable bonds is 3. The Hall–Kier alpha value is -2.95. The first-order valence-corrected chi connectivity index (χ1v) is 8.18. The second-order valence-electron chi connectivity index (χ2n) is 5.93. The molecule has 1 atom stereocenters. The van der Waals surface area contributed by atoms with Gasteiger partial charge < -0.3 is 24.8 Å². The third kappa shape index (κ3) is 4.08. The van der Waals surface area contributed by atoms with Crippen molar-refractivity contribution < 1.29 is 37.4 Å². The molecular formula is C16H17F2N3O6. The molecule has 2 heterocycles. The Morgan fingerprint density at radius 2 is 1.89 bits per heavy atom. The summed E-state index contributed by atoms with van der Waals surface area (Å²) in [5.74, 6) is -2.88. The fraction of sp³-hybridized carbons (Fsp3) is 0.438. The molecule has 0 saturated carbocycles. The van der Waals surface area contributed by atoms with Crippen LogP contribution < -0.4 is 15.5 Å². The van der Waals surface area contributed by atoms with E-state index in [4.69, 9.17) is 15.2 Å². The summed E-state index contributed by atoms with van der Waals surface area (Å²) in [7, 11) is 0. The van der Waals surface area contributed by atoms with E-state index < -0.39 is 35.9 Å². The Labute approximate surface area is 152 Å². The van der Waals surface area contributed by atoms with Gasteiger partial charge in [0, 0.05) is 31.8 Å². The van der Waals surface area contributed by atoms with Gasteiger partial charge in [0.1, 0.15) is 5.69 Å². The van der Waals surface area contributed by atoms with Crippen LogP contribution in [0.4, 0.5) is 29.7 Å². The van der Waals surface area contributed by atoms with Crippen LogP contribution in [0.2, 0.25) is 0 Å². The van der Waals surface area contributed by atoms with Crippen molar-refractivity contribution in [3.8, 4) is 0 Å². The minimum atomic E-state index is -1.43. The van der Waals surface area contributed by atoms with Crippen LogP contribution in [0.5, 0.6) is 0 Å². The van der Waals surface area contributed by atoms with E-state index in [0.29, 0.717) is 32.7 Å². The number of halogens is 2. The third-order valence-electron chi connectivity index (χ3n) is 4.13. The predicted molar refractivity (Wildman–Crippen MR) is 87.3 cm³/mol. The number of hydrogen-bond acceptors (Lipinski definition) is 7. The van der Waals surface area contributed by atoms with Crippen LogP contribution in [-0.4, -0.2) is 57.1 Å². The van der Waals surface area contributed by atoms with Crippen molar-refractivity contribution in [3.05, 3.63) is 23.8 Å². The molecule has 146 valence electrons. The lowest BCUT2D eigenvalue weighted by Crippen LogP contribution is -2.32. The van der Waals surface area contributed by atoms with Gasteiger partial charge in [-0.25, -0.2) is 23.2 Å². The van der Waals surface area contributed by atoms with Gasteiger partial charge in [0.05, 0.1) is 18.8 Å². The molecule has 1 unspecified atom stereocenters. The van der Waals surface area contributed by atoms with E-state index in [1.165, 1.54) is 4.90 Å². The fourth-order valence-corrected chi connectivity index (χ4v) is 2.94. The van der Waals surface area contributed by atoms with E-state index >= 15 is 0 Å². The molecule has 2 aliphatic heterocycles. The number of cyclic esters (lactones) is 1. The lowest BCUT2D eigenvalue weighted by Gasteiger charge is -2.24. The van der Waals surface area contributed by atoms with Gasteiger partial charge in [-0.3, -0.25) is 4.90 Å². The Kier molecular flexibility index (Phi) is 5.40. The minimum absolute atomic E-state index is 0.126. The molecule has 9 nitrogen and oxygen atoms in total. The Morgan fingerprint density at radius 3 is 2.56 bits per heavy atom. The van der Waals surface area contributed by atoms with Gasteiger partial charge >= 0.3 is 18.2 Å². The molecule has 2 saturated heterocycles. The van der Waals surface area contributed by atoms with Crippen LogP contribution in [0.1, 0.15) is 6.42 Å². The number of carbonyl (C=O) groups is 3. The molecule has 0 aromatic heterocycles. The van der Waals surface area contributed by atoms with E-state index in [1.54, 1.807) is 0 Å². The average molecular weight is 385 g/mol. The largest absolute Gasteiger partial charge is 0.432 e. The summed E-state index contributed by atoms with van der Waals surface area (Å²) in [6, 6.07) is 1.96. The topological polar surface area (TPSA) is 111 Å².